The summed E-state index contributed by atoms with van der Waals surface area (Å²) in [6, 6.07) is -0.469. The summed E-state index contributed by atoms with van der Waals surface area (Å²) >= 11 is 0. The SMILES string of the molecule is C#C.CC(C)CC(C)(C)C(=O)N[C@H]1C[C@@H](C)OC1=O. The zero-order valence-electron chi connectivity index (χ0n) is 12.5. The van der Waals surface area contributed by atoms with Gasteiger partial charge in [0, 0.05) is 11.8 Å². The number of hydrogen-bond donors (Lipinski definition) is 1. The Bertz CT molecular complexity index is 345. The maximum absolute atomic E-state index is 12.1. The van der Waals surface area contributed by atoms with Gasteiger partial charge in [0.1, 0.15) is 12.1 Å². The fourth-order valence-electron chi connectivity index (χ4n) is 2.34. The van der Waals surface area contributed by atoms with Crippen molar-refractivity contribution in [1.29, 1.82) is 0 Å². The minimum absolute atomic E-state index is 0.0674. The molecule has 1 rings (SSSR count). The topological polar surface area (TPSA) is 55.4 Å². The van der Waals surface area contributed by atoms with E-state index in [0.29, 0.717) is 12.3 Å². The first-order chi connectivity index (χ1) is 8.72. The third kappa shape index (κ3) is 5.34. The molecule has 0 aromatic heterocycles. The van der Waals surface area contributed by atoms with Crippen molar-refractivity contribution in [2.75, 3.05) is 0 Å². The highest BCUT2D eigenvalue weighted by Gasteiger charge is 2.37. The van der Waals surface area contributed by atoms with E-state index in [-0.39, 0.29) is 18.0 Å². The number of amides is 1. The first kappa shape index (κ1) is 17.5. The van der Waals surface area contributed by atoms with Crippen LogP contribution in [0.5, 0.6) is 0 Å². The molecular formula is C15H25NO3. The number of carbonyl (C=O) groups is 2. The number of terminal acetylenes is 1. The highest BCUT2D eigenvalue weighted by atomic mass is 16.6. The van der Waals surface area contributed by atoms with Gasteiger partial charge in [-0.3, -0.25) is 4.79 Å². The van der Waals surface area contributed by atoms with E-state index in [0.717, 1.165) is 6.42 Å². The van der Waals surface area contributed by atoms with Crippen LogP contribution in [-0.2, 0) is 14.3 Å². The van der Waals surface area contributed by atoms with Crippen LogP contribution >= 0.6 is 0 Å². The van der Waals surface area contributed by atoms with Gasteiger partial charge in [-0.15, -0.1) is 12.8 Å². The Morgan fingerprint density at radius 1 is 1.47 bits per heavy atom. The van der Waals surface area contributed by atoms with Crippen LogP contribution in [0.1, 0.15) is 47.5 Å². The van der Waals surface area contributed by atoms with Crippen LogP contribution in [0.3, 0.4) is 0 Å². The van der Waals surface area contributed by atoms with Crippen LogP contribution in [-0.4, -0.2) is 24.0 Å². The summed E-state index contributed by atoms with van der Waals surface area (Å²) in [7, 11) is 0. The van der Waals surface area contributed by atoms with Gasteiger partial charge in [0.25, 0.3) is 0 Å². The van der Waals surface area contributed by atoms with Crippen LogP contribution in [0.4, 0.5) is 0 Å². The molecule has 4 nitrogen and oxygen atoms in total. The predicted octanol–water partition coefficient (Wildman–Crippen LogP) is 2.13. The van der Waals surface area contributed by atoms with Gasteiger partial charge in [-0.2, -0.15) is 0 Å². The molecule has 1 aliphatic heterocycles. The van der Waals surface area contributed by atoms with E-state index in [4.69, 9.17) is 4.74 Å². The Hall–Kier alpha value is -1.50. The van der Waals surface area contributed by atoms with Gasteiger partial charge >= 0.3 is 5.97 Å². The van der Waals surface area contributed by atoms with Gasteiger partial charge in [0.15, 0.2) is 0 Å². The molecule has 1 aliphatic rings. The first-order valence-electron chi connectivity index (χ1n) is 6.57. The number of carbonyl (C=O) groups excluding carboxylic acids is 2. The normalized spacial score (nSPS) is 22.4. The largest absolute Gasteiger partial charge is 0.461 e. The fourth-order valence-corrected chi connectivity index (χ4v) is 2.34. The average Bonchev–Trinajstić information content (AvgIpc) is 2.58. The van der Waals surface area contributed by atoms with Crippen molar-refractivity contribution in [3.05, 3.63) is 0 Å². The summed E-state index contributed by atoms with van der Waals surface area (Å²) in [4.78, 5) is 23.5. The third-order valence-electron chi connectivity index (χ3n) is 3.01. The lowest BCUT2D eigenvalue weighted by atomic mass is 9.83. The van der Waals surface area contributed by atoms with E-state index in [2.05, 4.69) is 32.0 Å². The lowest BCUT2D eigenvalue weighted by Gasteiger charge is -2.26. The van der Waals surface area contributed by atoms with E-state index >= 15 is 0 Å². The number of esters is 1. The molecule has 4 heteroatoms. The minimum atomic E-state index is -0.469. The van der Waals surface area contributed by atoms with Crippen molar-refractivity contribution in [3.8, 4) is 12.8 Å². The monoisotopic (exact) mass is 267 g/mol. The standard InChI is InChI=1S/C13H23NO3.C2H2/c1-8(2)7-13(4,5)12(16)14-10-6-9(3)17-11(10)15;1-2/h8-10H,6-7H2,1-5H3,(H,14,16);1-2H/t9-,10+;/m1./s1. The molecule has 2 atom stereocenters. The molecule has 0 aromatic rings. The van der Waals surface area contributed by atoms with E-state index in [1.807, 2.05) is 20.8 Å². The molecule has 108 valence electrons. The van der Waals surface area contributed by atoms with Crippen LogP contribution in [0, 0.1) is 24.2 Å². The van der Waals surface area contributed by atoms with E-state index in [1.165, 1.54) is 0 Å². The van der Waals surface area contributed by atoms with E-state index < -0.39 is 11.5 Å². The molecule has 1 saturated heterocycles. The Morgan fingerprint density at radius 3 is 2.37 bits per heavy atom. The molecule has 0 radical (unpaired) electrons. The second kappa shape index (κ2) is 7.18. The van der Waals surface area contributed by atoms with E-state index in [1.54, 1.807) is 0 Å². The van der Waals surface area contributed by atoms with Crippen LogP contribution in [0.25, 0.3) is 0 Å². The molecule has 1 amide bonds. The molecule has 0 bridgehead atoms. The van der Waals surface area contributed by atoms with Crippen molar-refractivity contribution >= 4 is 11.9 Å². The van der Waals surface area contributed by atoms with E-state index in [9.17, 15) is 9.59 Å². The summed E-state index contributed by atoms with van der Waals surface area (Å²) < 4.78 is 5.01. The molecule has 0 spiro atoms. The molecule has 1 heterocycles. The van der Waals surface area contributed by atoms with Gasteiger partial charge in [-0.1, -0.05) is 27.7 Å². The maximum atomic E-state index is 12.1. The Balaban J connectivity index is 0.00000154. The lowest BCUT2D eigenvalue weighted by molar-refractivity contribution is -0.144. The van der Waals surface area contributed by atoms with Crippen molar-refractivity contribution in [2.45, 2.75) is 59.6 Å². The highest BCUT2D eigenvalue weighted by Crippen LogP contribution is 2.26. The predicted molar refractivity (Wildman–Crippen MR) is 75.2 cm³/mol. The Labute approximate surface area is 116 Å². The van der Waals surface area contributed by atoms with Crippen molar-refractivity contribution in [2.24, 2.45) is 11.3 Å². The molecule has 0 aromatic carbocycles. The Morgan fingerprint density at radius 2 is 2.00 bits per heavy atom. The summed E-state index contributed by atoms with van der Waals surface area (Å²) in [5.74, 6) is 0.0682. The van der Waals surface area contributed by atoms with Crippen molar-refractivity contribution in [1.82, 2.24) is 5.32 Å². The second-order valence-electron chi connectivity index (χ2n) is 5.99. The van der Waals surface area contributed by atoms with Crippen LogP contribution in [0.15, 0.2) is 0 Å². The lowest BCUT2D eigenvalue weighted by Crippen LogP contribution is -2.45. The summed E-state index contributed by atoms with van der Waals surface area (Å²) in [6.45, 7) is 9.82. The molecule has 0 saturated carbocycles. The molecular weight excluding hydrogens is 242 g/mol. The molecule has 0 aliphatic carbocycles. The van der Waals surface area contributed by atoms with Crippen molar-refractivity contribution < 1.29 is 14.3 Å². The zero-order chi connectivity index (χ0) is 15.2. The van der Waals surface area contributed by atoms with Crippen LogP contribution in [0.2, 0.25) is 0 Å². The number of ether oxygens (including phenoxy) is 1. The van der Waals surface area contributed by atoms with Gasteiger partial charge in [-0.05, 0) is 19.3 Å². The van der Waals surface area contributed by atoms with Gasteiger partial charge in [0.2, 0.25) is 5.91 Å². The highest BCUT2D eigenvalue weighted by molar-refractivity contribution is 5.88. The van der Waals surface area contributed by atoms with Gasteiger partial charge in [0.05, 0.1) is 0 Å². The average molecular weight is 267 g/mol. The zero-order valence-corrected chi connectivity index (χ0v) is 12.5. The second-order valence-corrected chi connectivity index (χ2v) is 5.99. The summed E-state index contributed by atoms with van der Waals surface area (Å²) in [6.07, 6.45) is 9.28. The number of rotatable bonds is 4. The summed E-state index contributed by atoms with van der Waals surface area (Å²) in [5, 5.41) is 2.79. The molecule has 19 heavy (non-hydrogen) atoms. The molecule has 0 unspecified atom stereocenters. The van der Waals surface area contributed by atoms with Gasteiger partial charge in [-0.25, -0.2) is 4.79 Å². The molecule has 1 N–H and O–H groups in total. The Kier molecular flexibility index (Phi) is 6.61. The van der Waals surface area contributed by atoms with Crippen LogP contribution < -0.4 is 5.32 Å². The third-order valence-corrected chi connectivity index (χ3v) is 3.01. The number of hydrogen-bond acceptors (Lipinski definition) is 3. The fraction of sp³-hybridized carbons (Fsp3) is 0.733. The first-order valence-corrected chi connectivity index (χ1v) is 6.57. The maximum Gasteiger partial charge on any atom is 0.329 e. The van der Waals surface area contributed by atoms with Gasteiger partial charge < -0.3 is 10.1 Å². The molecule has 1 fully saturated rings. The number of cyclic esters (lactones) is 1. The van der Waals surface area contributed by atoms with Crippen molar-refractivity contribution in [3.63, 3.8) is 0 Å². The smallest absolute Gasteiger partial charge is 0.329 e. The number of nitrogens with one attached hydrogen (secondary N) is 1. The quantitative estimate of drug-likeness (QED) is 0.627. The summed E-state index contributed by atoms with van der Waals surface area (Å²) in [5.41, 5.74) is -0.444. The minimum Gasteiger partial charge on any atom is -0.461 e.